The van der Waals surface area contributed by atoms with E-state index in [9.17, 15) is 14.4 Å². The van der Waals surface area contributed by atoms with Crippen LogP contribution in [0.5, 0.6) is 0 Å². The molecule has 1 saturated heterocycles. The highest BCUT2D eigenvalue weighted by molar-refractivity contribution is 6.30. The Morgan fingerprint density at radius 3 is 2.41 bits per heavy atom. The van der Waals surface area contributed by atoms with E-state index in [1.165, 1.54) is 7.05 Å². The number of nitrogens with two attached hydrogens (primary N) is 1. The van der Waals surface area contributed by atoms with Crippen molar-refractivity contribution in [3.63, 3.8) is 0 Å². The van der Waals surface area contributed by atoms with Gasteiger partial charge < -0.3 is 11.1 Å². The first-order chi connectivity index (χ1) is 10.4. The average molecular weight is 324 g/mol. The first kappa shape index (κ1) is 16.3. The van der Waals surface area contributed by atoms with Gasteiger partial charge in [-0.25, -0.2) is 9.69 Å². The van der Waals surface area contributed by atoms with Gasteiger partial charge in [0.2, 0.25) is 11.8 Å². The van der Waals surface area contributed by atoms with Gasteiger partial charge in [0.15, 0.2) is 0 Å². The third-order valence-corrected chi connectivity index (χ3v) is 4.42. The smallest absolute Gasteiger partial charge is 0.322 e. The molecule has 1 aliphatic heterocycles. The number of carbonyl (C=O) groups excluding carboxylic acids is 3. The number of hydrogen-bond donors (Lipinski definition) is 2. The van der Waals surface area contributed by atoms with Crippen molar-refractivity contribution < 1.29 is 14.4 Å². The topological polar surface area (TPSA) is 92.5 Å². The molecule has 1 heterocycles. The summed E-state index contributed by atoms with van der Waals surface area (Å²) in [4.78, 5) is 36.8. The summed E-state index contributed by atoms with van der Waals surface area (Å²) in [6.07, 6.45) is 0.517. The highest BCUT2D eigenvalue weighted by atomic mass is 35.5. The fourth-order valence-corrected chi connectivity index (χ4v) is 3.35. The van der Waals surface area contributed by atoms with Gasteiger partial charge in [-0.3, -0.25) is 9.59 Å². The number of hydrogen-bond acceptors (Lipinski definition) is 3. The SMILES string of the molecule is CC[C@H](c1ccc(Cl)cc1)C1(C(=O)NC)CC(=O)N1C(N)=O. The van der Waals surface area contributed by atoms with Gasteiger partial charge in [-0.1, -0.05) is 30.7 Å². The van der Waals surface area contributed by atoms with Gasteiger partial charge in [0.25, 0.3) is 0 Å². The normalized spacial score (nSPS) is 22.0. The molecular formula is C15H18ClN3O3. The quantitative estimate of drug-likeness (QED) is 0.825. The molecule has 0 saturated carbocycles. The predicted octanol–water partition coefficient (Wildman–Crippen LogP) is 1.63. The summed E-state index contributed by atoms with van der Waals surface area (Å²) in [5.41, 5.74) is 4.87. The van der Waals surface area contributed by atoms with Crippen LogP contribution in [0, 0.1) is 0 Å². The summed E-state index contributed by atoms with van der Waals surface area (Å²) >= 11 is 5.90. The Hall–Kier alpha value is -2.08. The highest BCUT2D eigenvalue weighted by Gasteiger charge is 2.62. The van der Waals surface area contributed by atoms with E-state index in [4.69, 9.17) is 17.3 Å². The van der Waals surface area contributed by atoms with Crippen molar-refractivity contribution in [2.24, 2.45) is 5.73 Å². The molecule has 7 heteroatoms. The molecule has 3 N–H and O–H groups in total. The number of urea groups is 1. The van der Waals surface area contributed by atoms with Gasteiger partial charge >= 0.3 is 6.03 Å². The number of amides is 4. The lowest BCUT2D eigenvalue weighted by atomic mass is 9.68. The molecule has 1 fully saturated rings. The molecule has 0 bridgehead atoms. The Morgan fingerprint density at radius 1 is 1.41 bits per heavy atom. The summed E-state index contributed by atoms with van der Waals surface area (Å²) in [6.45, 7) is 1.89. The van der Waals surface area contributed by atoms with E-state index in [1.807, 2.05) is 6.92 Å². The van der Waals surface area contributed by atoms with Crippen LogP contribution in [-0.4, -0.2) is 35.3 Å². The zero-order valence-electron chi connectivity index (χ0n) is 12.4. The van der Waals surface area contributed by atoms with Gasteiger partial charge in [-0.05, 0) is 24.1 Å². The van der Waals surface area contributed by atoms with Crippen LogP contribution in [0.2, 0.25) is 5.02 Å². The van der Waals surface area contributed by atoms with Crippen LogP contribution in [0.4, 0.5) is 4.79 Å². The van der Waals surface area contributed by atoms with Crippen molar-refractivity contribution in [2.45, 2.75) is 31.2 Å². The molecule has 6 nitrogen and oxygen atoms in total. The fourth-order valence-electron chi connectivity index (χ4n) is 3.22. The minimum atomic E-state index is -1.28. The Kier molecular flexibility index (Phi) is 4.42. The number of likely N-dealkylation sites (N-methyl/N-ethyl adjacent to an activating group) is 1. The number of likely N-dealkylation sites (tertiary alicyclic amines) is 1. The first-order valence-corrected chi connectivity index (χ1v) is 7.36. The minimum absolute atomic E-state index is 0.0449. The zero-order chi connectivity index (χ0) is 16.5. The van der Waals surface area contributed by atoms with Crippen molar-refractivity contribution in [2.75, 3.05) is 7.05 Å². The van der Waals surface area contributed by atoms with E-state index in [-0.39, 0.29) is 12.3 Å². The van der Waals surface area contributed by atoms with Crippen LogP contribution in [0.1, 0.15) is 31.2 Å². The Bertz CT molecular complexity index is 609. The number of halogens is 1. The number of nitrogens with zero attached hydrogens (tertiary/aromatic N) is 1. The molecule has 118 valence electrons. The molecular weight excluding hydrogens is 306 g/mol. The maximum absolute atomic E-state index is 12.5. The van der Waals surface area contributed by atoms with Crippen LogP contribution < -0.4 is 11.1 Å². The van der Waals surface area contributed by atoms with Crippen LogP contribution in [0.25, 0.3) is 0 Å². The second-order valence-electron chi connectivity index (χ2n) is 5.26. The van der Waals surface area contributed by atoms with E-state index in [2.05, 4.69) is 5.32 Å². The summed E-state index contributed by atoms with van der Waals surface area (Å²) < 4.78 is 0. The van der Waals surface area contributed by atoms with Crippen LogP contribution in [-0.2, 0) is 9.59 Å². The van der Waals surface area contributed by atoms with E-state index in [0.717, 1.165) is 10.5 Å². The number of carbonyl (C=O) groups is 3. The second kappa shape index (κ2) is 5.96. The Balaban J connectivity index is 2.53. The summed E-state index contributed by atoms with van der Waals surface area (Å²) in [7, 11) is 1.47. The van der Waals surface area contributed by atoms with E-state index >= 15 is 0 Å². The van der Waals surface area contributed by atoms with Gasteiger partial charge in [0, 0.05) is 18.0 Å². The van der Waals surface area contributed by atoms with Crippen LogP contribution in [0.15, 0.2) is 24.3 Å². The van der Waals surface area contributed by atoms with Gasteiger partial charge in [-0.15, -0.1) is 0 Å². The maximum atomic E-state index is 12.5. The zero-order valence-corrected chi connectivity index (χ0v) is 13.2. The third-order valence-electron chi connectivity index (χ3n) is 4.17. The standard InChI is InChI=1S/C15H18ClN3O3/c1-3-11(9-4-6-10(16)7-5-9)15(13(21)18-2)8-12(20)19(15)14(17)22/h4-7,11H,3,8H2,1-2H3,(H2,17,22)(H,18,21)/t11-,15?/m1/s1. The summed E-state index contributed by atoms with van der Waals surface area (Å²) in [5.74, 6) is -1.19. The lowest BCUT2D eigenvalue weighted by molar-refractivity contribution is -0.162. The minimum Gasteiger partial charge on any atom is -0.357 e. The number of benzene rings is 1. The molecule has 1 aliphatic rings. The van der Waals surface area contributed by atoms with Crippen LogP contribution >= 0.6 is 11.6 Å². The second-order valence-corrected chi connectivity index (χ2v) is 5.70. The number of imide groups is 1. The van der Waals surface area contributed by atoms with Crippen molar-refractivity contribution in [3.05, 3.63) is 34.9 Å². The molecule has 22 heavy (non-hydrogen) atoms. The summed E-state index contributed by atoms with van der Waals surface area (Å²) in [5, 5.41) is 3.12. The van der Waals surface area contributed by atoms with Gasteiger partial charge in [0.05, 0.1) is 6.42 Å². The molecule has 1 aromatic carbocycles. The molecule has 0 aliphatic carbocycles. The lowest BCUT2D eigenvalue weighted by Gasteiger charge is -2.52. The predicted molar refractivity (Wildman–Crippen MR) is 82.3 cm³/mol. The van der Waals surface area contributed by atoms with Gasteiger partial charge in [-0.2, -0.15) is 0 Å². The molecule has 0 radical (unpaired) electrons. The van der Waals surface area contributed by atoms with Gasteiger partial charge in [0.1, 0.15) is 5.54 Å². The largest absolute Gasteiger partial charge is 0.357 e. The molecule has 1 unspecified atom stereocenters. The molecule has 0 spiro atoms. The van der Waals surface area contributed by atoms with Crippen molar-refractivity contribution in [3.8, 4) is 0 Å². The van der Waals surface area contributed by atoms with E-state index < -0.39 is 23.4 Å². The van der Waals surface area contributed by atoms with Crippen LogP contribution in [0.3, 0.4) is 0 Å². The van der Waals surface area contributed by atoms with Crippen molar-refractivity contribution in [1.29, 1.82) is 0 Å². The third kappa shape index (κ3) is 2.33. The highest BCUT2D eigenvalue weighted by Crippen LogP contribution is 2.45. The number of rotatable bonds is 4. The molecule has 4 amide bonds. The molecule has 2 atom stereocenters. The molecule has 0 aromatic heterocycles. The lowest BCUT2D eigenvalue weighted by Crippen LogP contribution is -2.74. The number of primary amides is 1. The van der Waals surface area contributed by atoms with E-state index in [0.29, 0.717) is 11.4 Å². The van der Waals surface area contributed by atoms with E-state index in [1.54, 1.807) is 24.3 Å². The number of nitrogens with one attached hydrogen (secondary N) is 1. The maximum Gasteiger partial charge on any atom is 0.322 e. The monoisotopic (exact) mass is 323 g/mol. The summed E-state index contributed by atoms with van der Waals surface area (Å²) in [6, 6.07) is 6.11. The number of β-lactam (4-membered cyclic amide) rings is 1. The average Bonchev–Trinajstić information content (AvgIpc) is 2.46. The van der Waals surface area contributed by atoms with Crippen molar-refractivity contribution in [1.82, 2.24) is 10.2 Å². The molecule has 1 aromatic rings. The Labute approximate surface area is 133 Å². The Morgan fingerprint density at radius 2 is 2.00 bits per heavy atom. The molecule has 2 rings (SSSR count). The first-order valence-electron chi connectivity index (χ1n) is 6.98. The van der Waals surface area contributed by atoms with Crippen molar-refractivity contribution >= 4 is 29.4 Å². The fraction of sp³-hybridized carbons (Fsp3) is 0.400.